The number of hydrogen-bond donors (Lipinski definition) is 2. The van der Waals surface area contributed by atoms with Gasteiger partial charge in [-0.25, -0.2) is 19.2 Å². The highest BCUT2D eigenvalue weighted by Crippen LogP contribution is 2.47. The largest absolute Gasteiger partial charge is 0.493 e. The zero-order chi connectivity index (χ0) is 27.7. The molecule has 202 valence electrons. The number of anilines is 2. The van der Waals surface area contributed by atoms with Gasteiger partial charge in [-0.3, -0.25) is 0 Å². The van der Waals surface area contributed by atoms with Gasteiger partial charge in [0.1, 0.15) is 36.5 Å². The number of alkyl halides is 3. The maximum atomic E-state index is 14.8. The van der Waals surface area contributed by atoms with Crippen molar-refractivity contribution in [3.05, 3.63) is 65.2 Å². The first-order chi connectivity index (χ1) is 18.6. The van der Waals surface area contributed by atoms with Gasteiger partial charge in [-0.05, 0) is 30.3 Å². The normalized spacial score (nSPS) is 12.7. The SMILES string of the molecule is COc1cc2ncnc(Oc3ccc(NC(=O)Nc4ccc(Cl)c(C(F)(F)F)c4)c(F)c3)c2c2c1OCCO2. The van der Waals surface area contributed by atoms with Gasteiger partial charge >= 0.3 is 12.2 Å². The molecule has 2 N–H and O–H groups in total. The Labute approximate surface area is 222 Å². The smallest absolute Gasteiger partial charge is 0.417 e. The molecule has 0 fully saturated rings. The summed E-state index contributed by atoms with van der Waals surface area (Å²) < 4.78 is 76.6. The van der Waals surface area contributed by atoms with Crippen molar-refractivity contribution >= 4 is 39.9 Å². The minimum Gasteiger partial charge on any atom is -0.493 e. The number of amides is 2. The first kappa shape index (κ1) is 26.1. The third-order valence-corrected chi connectivity index (χ3v) is 5.83. The Hall–Kier alpha value is -4.52. The van der Waals surface area contributed by atoms with Crippen molar-refractivity contribution in [2.75, 3.05) is 31.0 Å². The van der Waals surface area contributed by atoms with Crippen LogP contribution in [0.15, 0.2) is 48.8 Å². The first-order valence-corrected chi connectivity index (χ1v) is 11.6. The Morgan fingerprint density at radius 3 is 2.51 bits per heavy atom. The number of hydrogen-bond acceptors (Lipinski definition) is 7. The van der Waals surface area contributed by atoms with Gasteiger partial charge in [0.25, 0.3) is 0 Å². The van der Waals surface area contributed by atoms with E-state index in [-0.39, 0.29) is 29.6 Å². The molecule has 0 spiro atoms. The van der Waals surface area contributed by atoms with Gasteiger partial charge in [0, 0.05) is 17.8 Å². The molecular weight excluding hydrogens is 548 g/mol. The van der Waals surface area contributed by atoms with E-state index in [1.165, 1.54) is 31.6 Å². The maximum absolute atomic E-state index is 14.8. The van der Waals surface area contributed by atoms with E-state index in [1.807, 2.05) is 0 Å². The second-order valence-electron chi connectivity index (χ2n) is 8.02. The number of urea groups is 1. The lowest BCUT2D eigenvalue weighted by Gasteiger charge is -2.22. The van der Waals surface area contributed by atoms with Crippen LogP contribution in [0.3, 0.4) is 0 Å². The van der Waals surface area contributed by atoms with Crippen molar-refractivity contribution in [3.8, 4) is 28.9 Å². The van der Waals surface area contributed by atoms with Crippen LogP contribution >= 0.6 is 11.6 Å². The number of rotatable bonds is 5. The van der Waals surface area contributed by atoms with Crippen LogP contribution in [0.4, 0.5) is 33.7 Å². The summed E-state index contributed by atoms with van der Waals surface area (Å²) in [6.45, 7) is 0.585. The summed E-state index contributed by atoms with van der Waals surface area (Å²) in [5.41, 5.74) is -1.13. The molecule has 2 heterocycles. The topological polar surface area (TPSA) is 104 Å². The molecule has 9 nitrogen and oxygen atoms in total. The van der Waals surface area contributed by atoms with Crippen molar-refractivity contribution in [2.45, 2.75) is 6.18 Å². The van der Waals surface area contributed by atoms with Crippen molar-refractivity contribution in [3.63, 3.8) is 0 Å². The summed E-state index contributed by atoms with van der Waals surface area (Å²) in [5, 5.41) is 4.31. The van der Waals surface area contributed by atoms with Crippen LogP contribution in [-0.2, 0) is 6.18 Å². The van der Waals surface area contributed by atoms with Gasteiger partial charge in [-0.15, -0.1) is 0 Å². The van der Waals surface area contributed by atoms with E-state index in [0.717, 1.165) is 12.1 Å². The third-order valence-electron chi connectivity index (χ3n) is 5.50. The number of nitrogens with zero attached hydrogens (tertiary/aromatic N) is 2. The van der Waals surface area contributed by atoms with Gasteiger partial charge < -0.3 is 29.6 Å². The van der Waals surface area contributed by atoms with Crippen molar-refractivity contribution in [1.82, 2.24) is 9.97 Å². The molecule has 0 aliphatic carbocycles. The molecule has 0 atom stereocenters. The molecule has 1 aromatic heterocycles. The van der Waals surface area contributed by atoms with Crippen molar-refractivity contribution < 1.29 is 41.3 Å². The standard InChI is InChI=1S/C25H17ClF4N4O5/c1-36-19-10-18-20(22-21(19)37-6-7-38-22)23(32-11-31-18)39-13-3-5-17(16(27)9-13)34-24(35)33-12-2-4-15(26)14(8-12)25(28,29)30/h2-5,8-11H,6-7H2,1H3,(H2,33,34,35). The van der Waals surface area contributed by atoms with Gasteiger partial charge in [0.2, 0.25) is 11.6 Å². The van der Waals surface area contributed by atoms with E-state index in [4.69, 9.17) is 30.5 Å². The summed E-state index contributed by atoms with van der Waals surface area (Å²) in [5.74, 6) is 0.303. The monoisotopic (exact) mass is 564 g/mol. The second kappa shape index (κ2) is 10.3. The van der Waals surface area contributed by atoms with E-state index >= 15 is 0 Å². The van der Waals surface area contributed by atoms with Gasteiger partial charge in [0.05, 0.1) is 28.9 Å². The molecule has 3 aromatic carbocycles. The molecule has 1 aliphatic rings. The average Bonchev–Trinajstić information content (AvgIpc) is 2.90. The highest BCUT2D eigenvalue weighted by atomic mass is 35.5. The minimum absolute atomic E-state index is 0.0345. The lowest BCUT2D eigenvalue weighted by atomic mass is 10.1. The molecule has 0 bridgehead atoms. The van der Waals surface area contributed by atoms with Crippen LogP contribution in [0.2, 0.25) is 5.02 Å². The van der Waals surface area contributed by atoms with E-state index < -0.39 is 28.6 Å². The average molecular weight is 565 g/mol. The summed E-state index contributed by atoms with van der Waals surface area (Å²) >= 11 is 5.59. The molecule has 0 unspecified atom stereocenters. The zero-order valence-corrected chi connectivity index (χ0v) is 20.6. The molecule has 0 saturated heterocycles. The molecule has 4 aromatic rings. The number of carbonyl (C=O) groups is 1. The molecule has 0 radical (unpaired) electrons. The Morgan fingerprint density at radius 2 is 1.79 bits per heavy atom. The first-order valence-electron chi connectivity index (χ1n) is 11.2. The number of carbonyl (C=O) groups excluding carboxylic acids is 1. The minimum atomic E-state index is -4.72. The lowest BCUT2D eigenvalue weighted by Crippen LogP contribution is -2.20. The van der Waals surface area contributed by atoms with E-state index in [0.29, 0.717) is 40.8 Å². The van der Waals surface area contributed by atoms with Crippen LogP contribution in [0, 0.1) is 5.82 Å². The van der Waals surface area contributed by atoms with Gasteiger partial charge in [-0.2, -0.15) is 13.2 Å². The van der Waals surface area contributed by atoms with Gasteiger partial charge in [-0.1, -0.05) is 11.6 Å². The Bertz CT molecular complexity index is 1580. The quantitative estimate of drug-likeness (QED) is 0.261. The highest BCUT2D eigenvalue weighted by Gasteiger charge is 2.33. The maximum Gasteiger partial charge on any atom is 0.417 e. The number of benzene rings is 3. The van der Waals surface area contributed by atoms with Gasteiger partial charge in [0.15, 0.2) is 11.5 Å². The van der Waals surface area contributed by atoms with E-state index in [9.17, 15) is 22.4 Å². The Kier molecular flexibility index (Phi) is 6.91. The molecular formula is C25H17ClF4N4O5. The molecule has 2 amide bonds. The molecule has 5 rings (SSSR count). The Balaban J connectivity index is 1.35. The summed E-state index contributed by atoms with van der Waals surface area (Å²) in [6, 6.07) is 7.08. The second-order valence-corrected chi connectivity index (χ2v) is 8.43. The summed E-state index contributed by atoms with van der Waals surface area (Å²) in [7, 11) is 1.48. The number of nitrogens with one attached hydrogen (secondary N) is 2. The number of ether oxygens (including phenoxy) is 4. The fraction of sp³-hybridized carbons (Fsp3) is 0.160. The van der Waals surface area contributed by atoms with Crippen molar-refractivity contribution in [1.29, 1.82) is 0 Å². The summed E-state index contributed by atoms with van der Waals surface area (Å²) in [6.07, 6.45) is -3.46. The predicted octanol–water partition coefficient (Wildman–Crippen LogP) is 6.66. The van der Waals surface area contributed by atoms with Crippen LogP contribution in [-0.4, -0.2) is 36.3 Å². The molecule has 0 saturated carbocycles. The molecule has 14 heteroatoms. The lowest BCUT2D eigenvalue weighted by molar-refractivity contribution is -0.137. The number of fused-ring (bicyclic) bond motifs is 3. The third kappa shape index (κ3) is 5.39. The van der Waals surface area contributed by atoms with Crippen LogP contribution in [0.5, 0.6) is 28.9 Å². The van der Waals surface area contributed by atoms with Crippen molar-refractivity contribution in [2.24, 2.45) is 0 Å². The molecule has 39 heavy (non-hydrogen) atoms. The van der Waals surface area contributed by atoms with E-state index in [2.05, 4.69) is 20.6 Å². The van der Waals surface area contributed by atoms with Crippen LogP contribution < -0.4 is 29.6 Å². The van der Waals surface area contributed by atoms with E-state index in [1.54, 1.807) is 6.07 Å². The fourth-order valence-corrected chi connectivity index (χ4v) is 4.01. The predicted molar refractivity (Wildman–Crippen MR) is 133 cm³/mol. The fourth-order valence-electron chi connectivity index (χ4n) is 3.79. The number of halogens is 5. The number of aromatic nitrogens is 2. The molecule has 1 aliphatic heterocycles. The van der Waals surface area contributed by atoms with Crippen LogP contribution in [0.1, 0.15) is 5.56 Å². The Morgan fingerprint density at radius 1 is 1.03 bits per heavy atom. The number of methoxy groups -OCH3 is 1. The summed E-state index contributed by atoms with van der Waals surface area (Å²) in [4.78, 5) is 20.7. The zero-order valence-electron chi connectivity index (χ0n) is 19.9. The van der Waals surface area contributed by atoms with Crippen LogP contribution in [0.25, 0.3) is 10.9 Å². The highest BCUT2D eigenvalue weighted by molar-refractivity contribution is 6.31.